The Kier molecular flexibility index (Phi) is 5.12. The standard InChI is InChI=1S/C20H21NO2/c1-16-5-2-7-18(11-16)15-23-19-8-3-6-17(12-19)13-21-14-20-9-4-10-22-20/h2-12,21H,13-15H2,1H3. The van der Waals surface area contributed by atoms with E-state index in [9.17, 15) is 0 Å². The SMILES string of the molecule is Cc1cccc(COc2cccc(CNCc3ccco3)c2)c1. The van der Waals surface area contributed by atoms with E-state index in [4.69, 9.17) is 9.15 Å². The lowest BCUT2D eigenvalue weighted by molar-refractivity contribution is 0.305. The molecular weight excluding hydrogens is 286 g/mol. The van der Waals surface area contributed by atoms with Gasteiger partial charge in [0.15, 0.2) is 0 Å². The molecule has 0 unspecified atom stereocenters. The van der Waals surface area contributed by atoms with E-state index < -0.39 is 0 Å². The van der Waals surface area contributed by atoms with Gasteiger partial charge in [-0.3, -0.25) is 0 Å². The molecule has 3 rings (SSSR count). The zero-order chi connectivity index (χ0) is 15.9. The summed E-state index contributed by atoms with van der Waals surface area (Å²) in [5, 5.41) is 3.36. The summed E-state index contributed by atoms with van der Waals surface area (Å²) < 4.78 is 11.2. The molecule has 1 heterocycles. The van der Waals surface area contributed by atoms with Crippen molar-refractivity contribution in [2.45, 2.75) is 26.6 Å². The van der Waals surface area contributed by atoms with Crippen LogP contribution in [0.2, 0.25) is 0 Å². The monoisotopic (exact) mass is 307 g/mol. The normalized spacial score (nSPS) is 10.7. The lowest BCUT2D eigenvalue weighted by Crippen LogP contribution is -2.12. The van der Waals surface area contributed by atoms with Crippen molar-refractivity contribution in [2.75, 3.05) is 0 Å². The zero-order valence-corrected chi connectivity index (χ0v) is 13.3. The van der Waals surface area contributed by atoms with Gasteiger partial charge < -0.3 is 14.5 Å². The van der Waals surface area contributed by atoms with Gasteiger partial charge in [-0.25, -0.2) is 0 Å². The van der Waals surface area contributed by atoms with Crippen LogP contribution in [0, 0.1) is 6.92 Å². The molecule has 0 saturated heterocycles. The van der Waals surface area contributed by atoms with Crippen LogP contribution in [0.4, 0.5) is 0 Å². The molecule has 0 amide bonds. The maximum absolute atomic E-state index is 5.89. The highest BCUT2D eigenvalue weighted by Gasteiger charge is 2.00. The van der Waals surface area contributed by atoms with Gasteiger partial charge in [0.2, 0.25) is 0 Å². The summed E-state index contributed by atoms with van der Waals surface area (Å²) >= 11 is 0. The van der Waals surface area contributed by atoms with Crippen LogP contribution < -0.4 is 10.1 Å². The Bertz CT molecular complexity index is 735. The van der Waals surface area contributed by atoms with Crippen molar-refractivity contribution in [3.05, 3.63) is 89.4 Å². The first kappa shape index (κ1) is 15.4. The van der Waals surface area contributed by atoms with Gasteiger partial charge in [0.25, 0.3) is 0 Å². The van der Waals surface area contributed by atoms with Crippen molar-refractivity contribution in [2.24, 2.45) is 0 Å². The zero-order valence-electron chi connectivity index (χ0n) is 13.3. The summed E-state index contributed by atoms with van der Waals surface area (Å²) in [6, 6.07) is 20.4. The van der Waals surface area contributed by atoms with Gasteiger partial charge >= 0.3 is 0 Å². The second kappa shape index (κ2) is 7.65. The third kappa shape index (κ3) is 4.73. The summed E-state index contributed by atoms with van der Waals surface area (Å²) in [4.78, 5) is 0. The smallest absolute Gasteiger partial charge is 0.120 e. The van der Waals surface area contributed by atoms with Crippen LogP contribution in [-0.2, 0) is 19.7 Å². The Balaban J connectivity index is 1.52. The minimum absolute atomic E-state index is 0.588. The molecule has 0 aliphatic rings. The number of hydrogen-bond donors (Lipinski definition) is 1. The fourth-order valence-electron chi connectivity index (χ4n) is 2.46. The molecule has 0 aliphatic carbocycles. The highest BCUT2D eigenvalue weighted by atomic mass is 16.5. The first-order valence-electron chi connectivity index (χ1n) is 7.80. The molecule has 118 valence electrons. The first-order chi connectivity index (χ1) is 11.3. The number of furan rings is 1. The van der Waals surface area contributed by atoms with Crippen molar-refractivity contribution in [1.29, 1.82) is 0 Å². The summed E-state index contributed by atoms with van der Waals surface area (Å²) in [5.41, 5.74) is 3.63. The highest BCUT2D eigenvalue weighted by molar-refractivity contribution is 5.29. The van der Waals surface area contributed by atoms with Gasteiger partial charge in [-0.2, -0.15) is 0 Å². The van der Waals surface area contributed by atoms with E-state index in [0.717, 1.165) is 24.6 Å². The second-order valence-electron chi connectivity index (χ2n) is 5.61. The Labute approximate surface area is 136 Å². The van der Waals surface area contributed by atoms with Crippen LogP contribution in [0.15, 0.2) is 71.3 Å². The summed E-state index contributed by atoms with van der Waals surface area (Å²) in [6.07, 6.45) is 1.69. The number of aryl methyl sites for hydroxylation is 1. The maximum atomic E-state index is 5.89. The van der Waals surface area contributed by atoms with Crippen LogP contribution in [0.1, 0.15) is 22.5 Å². The van der Waals surface area contributed by atoms with E-state index in [-0.39, 0.29) is 0 Å². The lowest BCUT2D eigenvalue weighted by Gasteiger charge is -2.09. The Morgan fingerprint density at radius 3 is 2.61 bits per heavy atom. The van der Waals surface area contributed by atoms with Gasteiger partial charge in [-0.05, 0) is 42.3 Å². The molecule has 0 bridgehead atoms. The van der Waals surface area contributed by atoms with E-state index in [1.165, 1.54) is 16.7 Å². The van der Waals surface area contributed by atoms with Gasteiger partial charge in [-0.15, -0.1) is 0 Å². The molecule has 2 aromatic carbocycles. The quantitative estimate of drug-likeness (QED) is 0.700. The van der Waals surface area contributed by atoms with Crippen LogP contribution in [0.3, 0.4) is 0 Å². The van der Waals surface area contributed by atoms with E-state index in [2.05, 4.69) is 48.6 Å². The Morgan fingerprint density at radius 1 is 0.913 bits per heavy atom. The minimum Gasteiger partial charge on any atom is -0.489 e. The number of hydrogen-bond acceptors (Lipinski definition) is 3. The van der Waals surface area contributed by atoms with Crippen molar-refractivity contribution in [3.63, 3.8) is 0 Å². The molecule has 0 radical (unpaired) electrons. The molecule has 1 N–H and O–H groups in total. The molecular formula is C20H21NO2. The Morgan fingerprint density at radius 2 is 1.78 bits per heavy atom. The van der Waals surface area contributed by atoms with Gasteiger partial charge in [0.1, 0.15) is 18.1 Å². The summed E-state index contributed by atoms with van der Waals surface area (Å²) in [5.74, 6) is 1.83. The summed E-state index contributed by atoms with van der Waals surface area (Å²) in [6.45, 7) is 4.18. The van der Waals surface area contributed by atoms with Crippen molar-refractivity contribution >= 4 is 0 Å². The molecule has 3 heteroatoms. The van der Waals surface area contributed by atoms with Crippen molar-refractivity contribution in [3.8, 4) is 5.75 Å². The van der Waals surface area contributed by atoms with Gasteiger partial charge in [0.05, 0.1) is 12.8 Å². The van der Waals surface area contributed by atoms with Gasteiger partial charge in [0, 0.05) is 6.54 Å². The number of rotatable bonds is 7. The molecule has 0 saturated carbocycles. The highest BCUT2D eigenvalue weighted by Crippen LogP contribution is 2.16. The molecule has 0 atom stereocenters. The molecule has 1 aromatic heterocycles. The first-order valence-corrected chi connectivity index (χ1v) is 7.80. The fraction of sp³-hybridized carbons (Fsp3) is 0.200. The number of benzene rings is 2. The predicted molar refractivity (Wildman–Crippen MR) is 91.2 cm³/mol. The average Bonchev–Trinajstić information content (AvgIpc) is 3.07. The van der Waals surface area contributed by atoms with Crippen LogP contribution >= 0.6 is 0 Å². The maximum Gasteiger partial charge on any atom is 0.120 e. The molecule has 23 heavy (non-hydrogen) atoms. The van der Waals surface area contributed by atoms with Crippen LogP contribution in [0.25, 0.3) is 0 Å². The van der Waals surface area contributed by atoms with E-state index in [1.54, 1.807) is 6.26 Å². The third-order valence-corrected chi connectivity index (χ3v) is 3.59. The second-order valence-corrected chi connectivity index (χ2v) is 5.61. The fourth-order valence-corrected chi connectivity index (χ4v) is 2.46. The lowest BCUT2D eigenvalue weighted by atomic mass is 10.1. The molecule has 3 nitrogen and oxygen atoms in total. The van der Waals surface area contributed by atoms with E-state index in [0.29, 0.717) is 6.61 Å². The molecule has 3 aromatic rings. The molecule has 0 aliphatic heterocycles. The minimum atomic E-state index is 0.588. The topological polar surface area (TPSA) is 34.4 Å². The Hall–Kier alpha value is -2.52. The molecule has 0 spiro atoms. The number of nitrogens with one attached hydrogen (secondary N) is 1. The number of ether oxygens (including phenoxy) is 1. The van der Waals surface area contributed by atoms with Crippen LogP contribution in [-0.4, -0.2) is 0 Å². The predicted octanol–water partition coefficient (Wildman–Crippen LogP) is 4.46. The largest absolute Gasteiger partial charge is 0.489 e. The van der Waals surface area contributed by atoms with Crippen molar-refractivity contribution < 1.29 is 9.15 Å². The van der Waals surface area contributed by atoms with E-state index >= 15 is 0 Å². The average molecular weight is 307 g/mol. The summed E-state index contributed by atoms with van der Waals surface area (Å²) in [7, 11) is 0. The third-order valence-electron chi connectivity index (χ3n) is 3.59. The van der Waals surface area contributed by atoms with E-state index in [1.807, 2.05) is 24.3 Å². The van der Waals surface area contributed by atoms with Crippen LogP contribution in [0.5, 0.6) is 5.75 Å². The van der Waals surface area contributed by atoms with Crippen molar-refractivity contribution in [1.82, 2.24) is 5.32 Å². The molecule has 0 fully saturated rings. The van der Waals surface area contributed by atoms with Gasteiger partial charge in [-0.1, -0.05) is 42.0 Å².